The molecule has 0 N–H and O–H groups in total. The Bertz CT molecular complexity index is 610. The summed E-state index contributed by atoms with van der Waals surface area (Å²) in [6.45, 7) is 2.51. The van der Waals surface area contributed by atoms with E-state index in [1.165, 1.54) is 0 Å². The highest BCUT2D eigenvalue weighted by molar-refractivity contribution is 9.10. The number of hydrogen-bond acceptors (Lipinski definition) is 2. The van der Waals surface area contributed by atoms with Crippen molar-refractivity contribution < 1.29 is 4.79 Å². The third-order valence-electron chi connectivity index (χ3n) is 2.51. The number of benzene rings is 1. The van der Waals surface area contributed by atoms with Gasteiger partial charge >= 0.3 is 0 Å². The number of carbonyl (C=O) groups is 1. The van der Waals surface area contributed by atoms with Crippen LogP contribution in [0.4, 0.5) is 0 Å². The molecular formula is C12H9BrCl2N2O. The molecule has 2 aromatic rings. The van der Waals surface area contributed by atoms with Gasteiger partial charge in [-0.05, 0) is 35.0 Å². The van der Waals surface area contributed by atoms with Crippen LogP contribution < -0.4 is 0 Å². The Hall–Kier alpha value is -0.840. The second-order valence-electron chi connectivity index (χ2n) is 3.59. The van der Waals surface area contributed by atoms with E-state index in [-0.39, 0.29) is 10.8 Å². The van der Waals surface area contributed by atoms with Crippen LogP contribution in [0.25, 0.3) is 0 Å². The fraction of sp³-hybridized carbons (Fsp3) is 0.167. The zero-order chi connectivity index (χ0) is 13.3. The van der Waals surface area contributed by atoms with Crippen LogP contribution in [0.5, 0.6) is 0 Å². The van der Waals surface area contributed by atoms with E-state index >= 15 is 0 Å². The summed E-state index contributed by atoms with van der Waals surface area (Å²) in [5.41, 5.74) is 0.849. The molecule has 0 spiro atoms. The second-order valence-corrected chi connectivity index (χ2v) is 5.23. The van der Waals surface area contributed by atoms with Gasteiger partial charge in [-0.2, -0.15) is 5.10 Å². The first-order valence-electron chi connectivity index (χ1n) is 5.26. The minimum Gasteiger partial charge on any atom is -0.287 e. The van der Waals surface area contributed by atoms with Gasteiger partial charge < -0.3 is 0 Å². The number of aromatic nitrogens is 2. The topological polar surface area (TPSA) is 34.9 Å². The van der Waals surface area contributed by atoms with Crippen molar-refractivity contribution in [3.05, 3.63) is 50.2 Å². The number of carbonyl (C=O) groups excluding carboxylic acids is 1. The quantitative estimate of drug-likeness (QED) is 0.780. The molecule has 94 valence electrons. The van der Waals surface area contributed by atoms with Gasteiger partial charge in [0.2, 0.25) is 5.78 Å². The maximum Gasteiger partial charge on any atom is 0.213 e. The normalized spacial score (nSPS) is 10.7. The molecule has 0 aliphatic carbocycles. The molecule has 3 nitrogen and oxygen atoms in total. The first-order valence-corrected chi connectivity index (χ1v) is 6.81. The summed E-state index contributed by atoms with van der Waals surface area (Å²) >= 11 is 15.3. The van der Waals surface area contributed by atoms with Crippen LogP contribution in [0.15, 0.2) is 28.9 Å². The molecule has 6 heteroatoms. The van der Waals surface area contributed by atoms with Gasteiger partial charge in [0, 0.05) is 12.1 Å². The monoisotopic (exact) mass is 346 g/mol. The molecule has 0 saturated heterocycles. The second kappa shape index (κ2) is 5.43. The van der Waals surface area contributed by atoms with Gasteiger partial charge in [-0.15, -0.1) is 0 Å². The molecule has 1 heterocycles. The molecule has 1 aromatic carbocycles. The maximum atomic E-state index is 12.4. The zero-order valence-corrected chi connectivity index (χ0v) is 12.6. The SMILES string of the molecule is CCn1ncc(Br)c1C(=O)c1cccc(Cl)c1Cl. The standard InChI is InChI=1S/C12H9BrCl2N2O/c1-2-17-11(8(13)6-16-17)12(18)7-4-3-5-9(14)10(7)15/h3-6H,2H2,1H3. The Kier molecular flexibility index (Phi) is 4.10. The summed E-state index contributed by atoms with van der Waals surface area (Å²) in [6, 6.07) is 4.99. The Morgan fingerprint density at radius 1 is 1.44 bits per heavy atom. The molecular weight excluding hydrogens is 339 g/mol. The lowest BCUT2D eigenvalue weighted by atomic mass is 10.1. The van der Waals surface area contributed by atoms with Crippen molar-refractivity contribution in [1.29, 1.82) is 0 Å². The average molecular weight is 348 g/mol. The highest BCUT2D eigenvalue weighted by Gasteiger charge is 2.21. The molecule has 0 saturated carbocycles. The number of nitrogens with zero attached hydrogens (tertiary/aromatic N) is 2. The molecule has 0 aliphatic rings. The molecule has 0 unspecified atom stereocenters. The van der Waals surface area contributed by atoms with Crippen LogP contribution in [-0.4, -0.2) is 15.6 Å². The van der Waals surface area contributed by atoms with E-state index in [1.807, 2.05) is 6.92 Å². The van der Waals surface area contributed by atoms with Crippen molar-refractivity contribution >= 4 is 44.9 Å². The Morgan fingerprint density at radius 3 is 2.83 bits per heavy atom. The Balaban J connectivity index is 2.55. The van der Waals surface area contributed by atoms with Gasteiger partial charge in [0.25, 0.3) is 0 Å². The summed E-state index contributed by atoms with van der Waals surface area (Å²) in [6.07, 6.45) is 1.59. The summed E-state index contributed by atoms with van der Waals surface area (Å²) in [5.74, 6) is -0.200. The summed E-state index contributed by atoms with van der Waals surface area (Å²) in [7, 11) is 0. The lowest BCUT2D eigenvalue weighted by Gasteiger charge is -2.07. The predicted molar refractivity (Wildman–Crippen MR) is 75.5 cm³/mol. The number of ketones is 1. The molecule has 0 radical (unpaired) electrons. The van der Waals surface area contributed by atoms with Gasteiger partial charge in [-0.1, -0.05) is 29.3 Å². The highest BCUT2D eigenvalue weighted by Crippen LogP contribution is 2.29. The highest BCUT2D eigenvalue weighted by atomic mass is 79.9. The van der Waals surface area contributed by atoms with Crippen molar-refractivity contribution in [2.24, 2.45) is 0 Å². The molecule has 0 aliphatic heterocycles. The molecule has 0 bridgehead atoms. The minimum absolute atomic E-state index is 0.200. The van der Waals surface area contributed by atoms with Gasteiger partial charge in [0.05, 0.1) is 20.7 Å². The Morgan fingerprint density at radius 2 is 2.17 bits per heavy atom. The fourth-order valence-electron chi connectivity index (χ4n) is 1.63. The number of rotatable bonds is 3. The zero-order valence-electron chi connectivity index (χ0n) is 9.45. The van der Waals surface area contributed by atoms with E-state index in [9.17, 15) is 4.79 Å². The van der Waals surface area contributed by atoms with Crippen molar-refractivity contribution in [3.8, 4) is 0 Å². The van der Waals surface area contributed by atoms with Gasteiger partial charge in [-0.3, -0.25) is 9.48 Å². The minimum atomic E-state index is -0.200. The van der Waals surface area contributed by atoms with E-state index in [0.29, 0.717) is 27.3 Å². The molecule has 2 rings (SSSR count). The van der Waals surface area contributed by atoms with Crippen molar-refractivity contribution in [1.82, 2.24) is 9.78 Å². The van der Waals surface area contributed by atoms with E-state index in [4.69, 9.17) is 23.2 Å². The van der Waals surface area contributed by atoms with Crippen LogP contribution in [0.3, 0.4) is 0 Å². The number of halogens is 3. The van der Waals surface area contributed by atoms with E-state index in [2.05, 4.69) is 21.0 Å². The van der Waals surface area contributed by atoms with Crippen LogP contribution in [0.1, 0.15) is 23.0 Å². The maximum absolute atomic E-state index is 12.4. The smallest absolute Gasteiger partial charge is 0.213 e. The first kappa shape index (κ1) is 13.6. The van der Waals surface area contributed by atoms with Gasteiger partial charge in [0.15, 0.2) is 0 Å². The van der Waals surface area contributed by atoms with Crippen molar-refractivity contribution in [3.63, 3.8) is 0 Å². The third kappa shape index (κ3) is 2.32. The molecule has 1 aromatic heterocycles. The lowest BCUT2D eigenvalue weighted by Crippen LogP contribution is -2.11. The molecule has 0 amide bonds. The van der Waals surface area contributed by atoms with Gasteiger partial charge in [-0.25, -0.2) is 0 Å². The predicted octanol–water partition coefficient (Wildman–Crippen LogP) is 4.20. The van der Waals surface area contributed by atoms with E-state index in [0.717, 1.165) is 0 Å². The fourth-order valence-corrected chi connectivity index (χ4v) is 2.50. The van der Waals surface area contributed by atoms with Crippen LogP contribution in [0, 0.1) is 0 Å². The van der Waals surface area contributed by atoms with Crippen LogP contribution in [0.2, 0.25) is 10.0 Å². The van der Waals surface area contributed by atoms with Gasteiger partial charge in [0.1, 0.15) is 5.69 Å². The number of aryl methyl sites for hydroxylation is 1. The van der Waals surface area contributed by atoms with E-state index < -0.39 is 0 Å². The van der Waals surface area contributed by atoms with Crippen molar-refractivity contribution in [2.45, 2.75) is 13.5 Å². The lowest BCUT2D eigenvalue weighted by molar-refractivity contribution is 0.102. The summed E-state index contributed by atoms with van der Waals surface area (Å²) < 4.78 is 2.26. The third-order valence-corrected chi connectivity index (χ3v) is 3.90. The largest absolute Gasteiger partial charge is 0.287 e. The molecule has 0 atom stereocenters. The van der Waals surface area contributed by atoms with Crippen molar-refractivity contribution in [2.75, 3.05) is 0 Å². The molecule has 0 fully saturated rings. The van der Waals surface area contributed by atoms with Crippen LogP contribution >= 0.6 is 39.1 Å². The van der Waals surface area contributed by atoms with E-state index in [1.54, 1.807) is 29.1 Å². The van der Waals surface area contributed by atoms with Crippen LogP contribution in [-0.2, 0) is 6.54 Å². The number of hydrogen-bond donors (Lipinski definition) is 0. The average Bonchev–Trinajstić information content (AvgIpc) is 2.73. The first-order chi connectivity index (χ1) is 8.56. The summed E-state index contributed by atoms with van der Waals surface area (Å²) in [5, 5.41) is 4.73. The summed E-state index contributed by atoms with van der Waals surface area (Å²) in [4.78, 5) is 12.4. The molecule has 18 heavy (non-hydrogen) atoms. The Labute approximate surface area is 123 Å².